The predicted octanol–water partition coefficient (Wildman–Crippen LogP) is 3.52. The molecule has 0 amide bonds. The van der Waals surface area contributed by atoms with Crippen LogP contribution < -0.4 is 15.1 Å². The lowest BCUT2D eigenvalue weighted by atomic mass is 10.1. The minimum absolute atomic E-state index is 0.307. The molecule has 0 aliphatic carbocycles. The van der Waals surface area contributed by atoms with E-state index in [4.69, 9.17) is 13.9 Å². The van der Waals surface area contributed by atoms with Gasteiger partial charge in [-0.05, 0) is 48.4 Å². The lowest BCUT2D eigenvalue weighted by Gasteiger charge is -2.34. The van der Waals surface area contributed by atoms with Gasteiger partial charge in [-0.2, -0.15) is 0 Å². The minimum atomic E-state index is -0.307. The van der Waals surface area contributed by atoms with E-state index >= 15 is 0 Å². The number of nitrogens with zero attached hydrogens (tertiary/aromatic N) is 2. The maximum absolute atomic E-state index is 12.0. The van der Waals surface area contributed by atoms with Crippen LogP contribution in [0.4, 0.5) is 0 Å². The van der Waals surface area contributed by atoms with E-state index in [0.29, 0.717) is 12.2 Å². The summed E-state index contributed by atoms with van der Waals surface area (Å²) < 4.78 is 16.3. The molecule has 1 aliphatic heterocycles. The first-order valence-electron chi connectivity index (χ1n) is 10.4. The largest absolute Gasteiger partial charge is 0.497 e. The van der Waals surface area contributed by atoms with Crippen molar-refractivity contribution in [2.24, 2.45) is 0 Å². The zero-order valence-corrected chi connectivity index (χ0v) is 17.6. The van der Waals surface area contributed by atoms with Gasteiger partial charge in [-0.3, -0.25) is 9.80 Å². The van der Waals surface area contributed by atoms with E-state index < -0.39 is 0 Å². The van der Waals surface area contributed by atoms with E-state index in [0.717, 1.165) is 61.7 Å². The first-order valence-corrected chi connectivity index (χ1v) is 10.4. The molecule has 6 heteroatoms. The van der Waals surface area contributed by atoms with Gasteiger partial charge in [0.2, 0.25) is 0 Å². The van der Waals surface area contributed by atoms with Gasteiger partial charge in [-0.1, -0.05) is 12.1 Å². The van der Waals surface area contributed by atoms with Crippen molar-refractivity contribution < 1.29 is 13.9 Å². The third-order valence-corrected chi connectivity index (χ3v) is 5.51. The summed E-state index contributed by atoms with van der Waals surface area (Å²) in [6, 6.07) is 15.5. The van der Waals surface area contributed by atoms with E-state index in [9.17, 15) is 4.79 Å². The Hall–Kier alpha value is -2.83. The number of fused-ring (bicyclic) bond motifs is 1. The summed E-state index contributed by atoms with van der Waals surface area (Å²) in [6.07, 6.45) is 0. The molecule has 2 aromatic carbocycles. The molecule has 1 aromatic heterocycles. The quantitative estimate of drug-likeness (QED) is 0.558. The minimum Gasteiger partial charge on any atom is -0.497 e. The Morgan fingerprint density at radius 1 is 0.933 bits per heavy atom. The number of hydrogen-bond donors (Lipinski definition) is 0. The highest BCUT2D eigenvalue weighted by Gasteiger charge is 2.19. The van der Waals surface area contributed by atoms with Gasteiger partial charge in [0.25, 0.3) is 0 Å². The Labute approximate surface area is 176 Å². The summed E-state index contributed by atoms with van der Waals surface area (Å²) in [6.45, 7) is 8.09. The monoisotopic (exact) mass is 408 g/mol. The standard InChI is InChI=1S/C24H28N2O4/c1-3-29-21-7-8-23-22(15-21)19(14-24(27)30-23)17-26-11-9-25(10-12-26)16-18-5-4-6-20(13-18)28-2/h4-8,13-15H,3,9-12,16-17H2,1-2H3. The topological polar surface area (TPSA) is 55.2 Å². The molecule has 0 bridgehead atoms. The van der Waals surface area contributed by atoms with E-state index in [1.54, 1.807) is 13.2 Å². The van der Waals surface area contributed by atoms with Gasteiger partial charge in [0.05, 0.1) is 13.7 Å². The van der Waals surface area contributed by atoms with Crippen LogP contribution in [0, 0.1) is 0 Å². The molecule has 0 radical (unpaired) electrons. The van der Waals surface area contributed by atoms with Crippen LogP contribution >= 0.6 is 0 Å². The molecule has 6 nitrogen and oxygen atoms in total. The molecule has 0 spiro atoms. The lowest BCUT2D eigenvalue weighted by Crippen LogP contribution is -2.45. The molecule has 0 unspecified atom stereocenters. The van der Waals surface area contributed by atoms with E-state index in [1.165, 1.54) is 5.56 Å². The smallest absolute Gasteiger partial charge is 0.336 e. The second-order valence-corrected chi connectivity index (χ2v) is 7.59. The van der Waals surface area contributed by atoms with Gasteiger partial charge in [0.15, 0.2) is 0 Å². The fraction of sp³-hybridized carbons (Fsp3) is 0.375. The van der Waals surface area contributed by atoms with Crippen LogP contribution in [0.15, 0.2) is 57.7 Å². The van der Waals surface area contributed by atoms with Crippen molar-refractivity contribution in [3.63, 3.8) is 0 Å². The number of rotatable bonds is 7. The maximum atomic E-state index is 12.0. The second-order valence-electron chi connectivity index (χ2n) is 7.59. The number of methoxy groups -OCH3 is 1. The van der Waals surface area contributed by atoms with E-state index in [2.05, 4.69) is 21.9 Å². The van der Waals surface area contributed by atoms with Crippen LogP contribution in [0.1, 0.15) is 18.1 Å². The van der Waals surface area contributed by atoms with Crippen LogP contribution in [0.3, 0.4) is 0 Å². The van der Waals surface area contributed by atoms with Gasteiger partial charge in [0, 0.05) is 50.7 Å². The molecule has 0 N–H and O–H groups in total. The van der Waals surface area contributed by atoms with Crippen LogP contribution in [-0.2, 0) is 13.1 Å². The van der Waals surface area contributed by atoms with Crippen LogP contribution in [-0.4, -0.2) is 49.7 Å². The predicted molar refractivity (Wildman–Crippen MR) is 117 cm³/mol. The molecule has 0 atom stereocenters. The average molecular weight is 408 g/mol. The van der Waals surface area contributed by atoms with Gasteiger partial charge in [0.1, 0.15) is 17.1 Å². The maximum Gasteiger partial charge on any atom is 0.336 e. The second kappa shape index (κ2) is 9.32. The molecular weight excluding hydrogens is 380 g/mol. The first kappa shape index (κ1) is 20.4. The number of hydrogen-bond acceptors (Lipinski definition) is 6. The zero-order valence-electron chi connectivity index (χ0n) is 17.6. The van der Waals surface area contributed by atoms with Crippen molar-refractivity contribution in [1.29, 1.82) is 0 Å². The Kier molecular flexibility index (Phi) is 6.35. The Bertz CT molecular complexity index is 1050. The van der Waals surface area contributed by atoms with Gasteiger partial charge < -0.3 is 13.9 Å². The van der Waals surface area contributed by atoms with Gasteiger partial charge >= 0.3 is 5.63 Å². The van der Waals surface area contributed by atoms with Gasteiger partial charge in [-0.15, -0.1) is 0 Å². The Balaban J connectivity index is 1.42. The fourth-order valence-electron chi connectivity index (χ4n) is 3.97. The molecule has 1 fully saturated rings. The molecular formula is C24H28N2O4. The number of benzene rings is 2. The molecule has 4 rings (SSSR count). The summed E-state index contributed by atoms with van der Waals surface area (Å²) in [5.74, 6) is 1.69. The highest BCUT2D eigenvalue weighted by molar-refractivity contribution is 5.81. The summed E-state index contributed by atoms with van der Waals surface area (Å²) in [5.41, 5.74) is 2.55. The molecule has 3 aromatic rings. The van der Waals surface area contributed by atoms with Crippen molar-refractivity contribution in [3.05, 3.63) is 70.1 Å². The summed E-state index contributed by atoms with van der Waals surface area (Å²) in [4.78, 5) is 16.9. The van der Waals surface area contributed by atoms with Crippen LogP contribution in [0.2, 0.25) is 0 Å². The molecule has 30 heavy (non-hydrogen) atoms. The normalized spacial score (nSPS) is 15.4. The van der Waals surface area contributed by atoms with E-state index in [1.807, 2.05) is 37.3 Å². The van der Waals surface area contributed by atoms with Crippen molar-refractivity contribution in [2.75, 3.05) is 39.9 Å². The van der Waals surface area contributed by atoms with Crippen molar-refractivity contribution >= 4 is 11.0 Å². The summed E-state index contributed by atoms with van der Waals surface area (Å²) in [7, 11) is 1.70. The zero-order chi connectivity index (χ0) is 20.9. The third kappa shape index (κ3) is 4.83. The number of piperazine rings is 1. The van der Waals surface area contributed by atoms with Crippen LogP contribution in [0.5, 0.6) is 11.5 Å². The molecule has 0 saturated carbocycles. The summed E-state index contributed by atoms with van der Waals surface area (Å²) in [5, 5.41) is 0.944. The van der Waals surface area contributed by atoms with Crippen LogP contribution in [0.25, 0.3) is 11.0 Å². The van der Waals surface area contributed by atoms with Crippen molar-refractivity contribution in [2.45, 2.75) is 20.0 Å². The Morgan fingerprint density at radius 3 is 2.43 bits per heavy atom. The highest BCUT2D eigenvalue weighted by Crippen LogP contribution is 2.24. The Morgan fingerprint density at radius 2 is 1.70 bits per heavy atom. The van der Waals surface area contributed by atoms with Gasteiger partial charge in [-0.25, -0.2) is 4.79 Å². The fourth-order valence-corrected chi connectivity index (χ4v) is 3.97. The molecule has 1 saturated heterocycles. The molecule has 158 valence electrons. The molecule has 2 heterocycles. The summed E-state index contributed by atoms with van der Waals surface area (Å²) >= 11 is 0. The SMILES string of the molecule is CCOc1ccc2oc(=O)cc(CN3CCN(Cc4cccc(OC)c4)CC3)c2c1. The average Bonchev–Trinajstić information content (AvgIpc) is 2.76. The lowest BCUT2D eigenvalue weighted by molar-refractivity contribution is 0.122. The van der Waals surface area contributed by atoms with Crippen molar-refractivity contribution in [3.8, 4) is 11.5 Å². The third-order valence-electron chi connectivity index (χ3n) is 5.51. The highest BCUT2D eigenvalue weighted by atomic mass is 16.5. The van der Waals surface area contributed by atoms with E-state index in [-0.39, 0.29) is 5.63 Å². The van der Waals surface area contributed by atoms with Crippen molar-refractivity contribution in [1.82, 2.24) is 9.80 Å². The number of ether oxygens (including phenoxy) is 2. The first-order chi connectivity index (χ1) is 14.6. The molecule has 1 aliphatic rings.